The Morgan fingerprint density at radius 3 is 2.61 bits per heavy atom. The van der Waals surface area contributed by atoms with Crippen LogP contribution in [0.15, 0.2) is 58.0 Å². The molecule has 0 unspecified atom stereocenters. The highest BCUT2D eigenvalue weighted by molar-refractivity contribution is 6.08. The lowest BCUT2D eigenvalue weighted by Crippen LogP contribution is -2.44. The fraction of sp³-hybridized carbons (Fsp3) is 0.500. The van der Waals surface area contributed by atoms with Gasteiger partial charge in [0.05, 0.1) is 11.4 Å². The van der Waals surface area contributed by atoms with Crippen LogP contribution in [0.25, 0.3) is 5.65 Å². The van der Waals surface area contributed by atoms with E-state index in [0.29, 0.717) is 23.0 Å². The van der Waals surface area contributed by atoms with Gasteiger partial charge in [0.2, 0.25) is 0 Å². The standard InChI is InChI=1S/C26H34N4O/c1-5-18(2)19(3)15-23(27-4)24-16-26(31)30-17-21(9-10-25(30)28-24)20-11-13-29(14-12-20)22-7-6-8-22/h9-10,15-17,20,22H,2,5-8,11-14H2,1,3-4H3/b19-15+,27-23+. The summed E-state index contributed by atoms with van der Waals surface area (Å²) in [5.41, 5.74) is 5.29. The summed E-state index contributed by atoms with van der Waals surface area (Å²) >= 11 is 0. The quantitative estimate of drug-likeness (QED) is 0.502. The van der Waals surface area contributed by atoms with Gasteiger partial charge < -0.3 is 4.90 Å². The fourth-order valence-corrected chi connectivity index (χ4v) is 4.68. The van der Waals surface area contributed by atoms with Crippen molar-refractivity contribution in [3.63, 3.8) is 0 Å². The van der Waals surface area contributed by atoms with Crippen molar-refractivity contribution in [3.8, 4) is 0 Å². The van der Waals surface area contributed by atoms with Crippen molar-refractivity contribution in [2.45, 2.75) is 64.3 Å². The first-order valence-electron chi connectivity index (χ1n) is 11.6. The largest absolute Gasteiger partial charge is 0.300 e. The van der Waals surface area contributed by atoms with E-state index in [1.807, 2.05) is 25.3 Å². The molecule has 164 valence electrons. The summed E-state index contributed by atoms with van der Waals surface area (Å²) in [4.78, 5) is 24.7. The monoisotopic (exact) mass is 418 g/mol. The smallest absolute Gasteiger partial charge is 0.258 e. The third-order valence-electron chi connectivity index (χ3n) is 7.12. The number of likely N-dealkylation sites (tertiary alicyclic amines) is 1. The number of aliphatic imine (C=N–C) groups is 1. The van der Waals surface area contributed by atoms with Crippen molar-refractivity contribution in [2.24, 2.45) is 4.99 Å². The second kappa shape index (κ2) is 9.31. The molecule has 0 radical (unpaired) electrons. The molecule has 5 nitrogen and oxygen atoms in total. The van der Waals surface area contributed by atoms with E-state index in [0.717, 1.165) is 23.6 Å². The molecule has 3 heterocycles. The van der Waals surface area contributed by atoms with Crippen LogP contribution in [0, 0.1) is 0 Å². The molecule has 0 N–H and O–H groups in total. The maximum Gasteiger partial charge on any atom is 0.258 e. The van der Waals surface area contributed by atoms with Crippen LogP contribution in [-0.2, 0) is 0 Å². The molecule has 2 aliphatic rings. The van der Waals surface area contributed by atoms with Crippen LogP contribution < -0.4 is 5.56 Å². The average molecular weight is 419 g/mol. The van der Waals surface area contributed by atoms with Gasteiger partial charge in [-0.3, -0.25) is 14.2 Å². The molecular weight excluding hydrogens is 384 g/mol. The van der Waals surface area contributed by atoms with Gasteiger partial charge in [-0.2, -0.15) is 0 Å². The Hall–Kier alpha value is -2.53. The maximum atomic E-state index is 12.9. The highest BCUT2D eigenvalue weighted by Gasteiger charge is 2.29. The predicted octanol–water partition coefficient (Wildman–Crippen LogP) is 4.76. The molecule has 1 saturated carbocycles. The minimum atomic E-state index is -0.0599. The van der Waals surface area contributed by atoms with Crippen molar-refractivity contribution >= 4 is 11.4 Å². The highest BCUT2D eigenvalue weighted by Crippen LogP contribution is 2.33. The van der Waals surface area contributed by atoms with Gasteiger partial charge in [0.1, 0.15) is 5.65 Å². The van der Waals surface area contributed by atoms with Gasteiger partial charge in [-0.1, -0.05) is 31.6 Å². The van der Waals surface area contributed by atoms with Gasteiger partial charge in [-0.05, 0) is 81.3 Å². The summed E-state index contributed by atoms with van der Waals surface area (Å²) in [6.07, 6.45) is 11.3. The first-order valence-corrected chi connectivity index (χ1v) is 11.6. The van der Waals surface area contributed by atoms with Crippen molar-refractivity contribution in [2.75, 3.05) is 20.1 Å². The van der Waals surface area contributed by atoms with E-state index in [9.17, 15) is 4.79 Å². The minimum Gasteiger partial charge on any atom is -0.300 e. The van der Waals surface area contributed by atoms with Gasteiger partial charge >= 0.3 is 0 Å². The molecular formula is C26H34N4O. The molecule has 31 heavy (non-hydrogen) atoms. The van der Waals surface area contributed by atoms with E-state index in [-0.39, 0.29) is 5.56 Å². The third kappa shape index (κ3) is 4.57. The zero-order valence-corrected chi connectivity index (χ0v) is 19.1. The van der Waals surface area contributed by atoms with E-state index < -0.39 is 0 Å². The second-order valence-electron chi connectivity index (χ2n) is 8.96. The van der Waals surface area contributed by atoms with Crippen molar-refractivity contribution in [3.05, 3.63) is 69.8 Å². The van der Waals surface area contributed by atoms with Crippen LogP contribution in [0.1, 0.15) is 69.5 Å². The van der Waals surface area contributed by atoms with E-state index in [4.69, 9.17) is 4.98 Å². The van der Waals surface area contributed by atoms with E-state index in [2.05, 4.69) is 29.5 Å². The second-order valence-corrected chi connectivity index (χ2v) is 8.96. The highest BCUT2D eigenvalue weighted by atomic mass is 16.1. The molecule has 2 fully saturated rings. The number of piperidine rings is 1. The first-order chi connectivity index (χ1) is 15.0. The Balaban J connectivity index is 1.57. The molecule has 1 saturated heterocycles. The molecule has 5 heteroatoms. The number of nitrogens with zero attached hydrogens (tertiary/aromatic N) is 4. The summed E-state index contributed by atoms with van der Waals surface area (Å²) in [6, 6.07) is 6.55. The molecule has 1 aliphatic carbocycles. The minimum absolute atomic E-state index is 0.0599. The maximum absolute atomic E-state index is 12.9. The van der Waals surface area contributed by atoms with Crippen molar-refractivity contribution < 1.29 is 0 Å². The molecule has 2 aromatic heterocycles. The van der Waals surface area contributed by atoms with Gasteiger partial charge in [0, 0.05) is 25.4 Å². The van der Waals surface area contributed by atoms with E-state index in [1.54, 1.807) is 17.5 Å². The summed E-state index contributed by atoms with van der Waals surface area (Å²) in [5, 5.41) is 0. The lowest BCUT2D eigenvalue weighted by atomic mass is 9.86. The van der Waals surface area contributed by atoms with Crippen LogP contribution in [0.2, 0.25) is 0 Å². The zero-order valence-electron chi connectivity index (χ0n) is 19.1. The number of rotatable bonds is 6. The van der Waals surface area contributed by atoms with Gasteiger partial charge in [0.25, 0.3) is 5.56 Å². The molecule has 0 bridgehead atoms. The Morgan fingerprint density at radius 1 is 1.26 bits per heavy atom. The van der Waals surface area contributed by atoms with Crippen molar-refractivity contribution in [1.82, 2.24) is 14.3 Å². The molecule has 4 rings (SSSR count). The zero-order chi connectivity index (χ0) is 22.0. The first kappa shape index (κ1) is 21.7. The molecule has 0 aromatic carbocycles. The fourth-order valence-electron chi connectivity index (χ4n) is 4.68. The van der Waals surface area contributed by atoms with Crippen LogP contribution >= 0.6 is 0 Å². The molecule has 2 aromatic rings. The van der Waals surface area contributed by atoms with Crippen LogP contribution in [-0.4, -0.2) is 46.2 Å². The van der Waals surface area contributed by atoms with E-state index >= 15 is 0 Å². The normalized spacial score (nSPS) is 19.6. The molecule has 1 aliphatic heterocycles. The lowest BCUT2D eigenvalue weighted by molar-refractivity contribution is 0.0975. The topological polar surface area (TPSA) is 50.0 Å². The Bertz CT molecular complexity index is 1080. The SMILES string of the molecule is C=C(CC)/C(C)=C/C(=N\C)c1cc(=O)n2cc(C3CCN(C4CCC4)CC3)ccc2n1. The average Bonchev–Trinajstić information content (AvgIpc) is 2.75. The summed E-state index contributed by atoms with van der Waals surface area (Å²) < 4.78 is 1.69. The number of pyridine rings is 1. The Labute approximate surface area is 185 Å². The number of allylic oxidation sites excluding steroid dienone is 3. The number of hydrogen-bond acceptors (Lipinski definition) is 4. The summed E-state index contributed by atoms with van der Waals surface area (Å²) in [5.74, 6) is 0.519. The van der Waals surface area contributed by atoms with Gasteiger partial charge in [0.15, 0.2) is 0 Å². The van der Waals surface area contributed by atoms with Crippen LogP contribution in [0.5, 0.6) is 0 Å². The molecule has 0 atom stereocenters. The van der Waals surface area contributed by atoms with Crippen LogP contribution in [0.4, 0.5) is 0 Å². The van der Waals surface area contributed by atoms with Gasteiger partial charge in [-0.15, -0.1) is 0 Å². The lowest BCUT2D eigenvalue weighted by Gasteiger charge is -2.41. The third-order valence-corrected chi connectivity index (χ3v) is 7.12. The number of aromatic nitrogens is 2. The number of hydrogen-bond donors (Lipinski definition) is 0. The van der Waals surface area contributed by atoms with E-state index in [1.165, 1.54) is 50.8 Å². The van der Waals surface area contributed by atoms with Gasteiger partial charge in [-0.25, -0.2) is 4.98 Å². The van der Waals surface area contributed by atoms with Crippen LogP contribution in [0.3, 0.4) is 0 Å². The predicted molar refractivity (Wildman–Crippen MR) is 128 cm³/mol. The van der Waals surface area contributed by atoms with Crippen molar-refractivity contribution in [1.29, 1.82) is 0 Å². The number of fused-ring (bicyclic) bond motifs is 1. The Kier molecular flexibility index (Phi) is 6.51. The molecule has 0 spiro atoms. The molecule has 0 amide bonds. The summed E-state index contributed by atoms with van der Waals surface area (Å²) in [6.45, 7) is 10.5. The Morgan fingerprint density at radius 2 is 2.00 bits per heavy atom. The summed E-state index contributed by atoms with van der Waals surface area (Å²) in [7, 11) is 1.73.